The Labute approximate surface area is 79.5 Å². The van der Waals surface area contributed by atoms with Crippen molar-refractivity contribution in [3.63, 3.8) is 0 Å². The third-order valence-electron chi connectivity index (χ3n) is 1.97. The Morgan fingerprint density at radius 3 is 2.92 bits per heavy atom. The zero-order chi connectivity index (χ0) is 9.42. The molecule has 0 radical (unpaired) electrons. The summed E-state index contributed by atoms with van der Waals surface area (Å²) < 4.78 is 12.8. The van der Waals surface area contributed by atoms with Crippen molar-refractivity contribution in [2.24, 2.45) is 5.73 Å². The van der Waals surface area contributed by atoms with E-state index in [1.54, 1.807) is 6.07 Å². The van der Waals surface area contributed by atoms with E-state index in [2.05, 4.69) is 4.98 Å². The van der Waals surface area contributed by atoms with E-state index in [9.17, 15) is 4.39 Å². The molecule has 0 aliphatic carbocycles. The van der Waals surface area contributed by atoms with E-state index in [1.807, 2.05) is 0 Å². The smallest absolute Gasteiger partial charge is 0.125 e. The number of halogens is 2. The maximum atomic E-state index is 12.8. The van der Waals surface area contributed by atoms with Crippen LogP contribution in [0.2, 0.25) is 5.02 Å². The minimum atomic E-state index is -0.283. The second-order valence-corrected chi connectivity index (χ2v) is 3.19. The number of fused-ring (bicyclic) bond motifs is 1. The minimum Gasteiger partial charge on any atom is -0.356 e. The molecule has 0 spiro atoms. The quantitative estimate of drug-likeness (QED) is 0.726. The molecular formula is C9H8ClFN2. The number of nitrogens with one attached hydrogen (secondary N) is 1. The molecule has 2 rings (SSSR count). The standard InChI is InChI=1S/C9H8ClFN2/c10-9-6-2-1-5(11)3-7(6)13-8(9)4-12/h1-3,13H,4,12H2. The number of hydrogen-bond donors (Lipinski definition) is 2. The van der Waals surface area contributed by atoms with Gasteiger partial charge in [0.25, 0.3) is 0 Å². The van der Waals surface area contributed by atoms with Crippen LogP contribution in [0.1, 0.15) is 5.69 Å². The topological polar surface area (TPSA) is 41.8 Å². The molecule has 68 valence electrons. The summed E-state index contributed by atoms with van der Waals surface area (Å²) >= 11 is 5.98. The Balaban J connectivity index is 2.76. The molecule has 2 aromatic rings. The van der Waals surface area contributed by atoms with Crippen LogP contribution in [-0.4, -0.2) is 4.98 Å². The van der Waals surface area contributed by atoms with Gasteiger partial charge in [0.05, 0.1) is 10.5 Å². The van der Waals surface area contributed by atoms with E-state index in [0.29, 0.717) is 17.1 Å². The largest absolute Gasteiger partial charge is 0.356 e. The molecule has 1 aromatic carbocycles. The predicted octanol–water partition coefficient (Wildman–Crippen LogP) is 2.42. The van der Waals surface area contributed by atoms with Crippen molar-refractivity contribution in [1.82, 2.24) is 4.98 Å². The molecule has 0 saturated heterocycles. The minimum absolute atomic E-state index is 0.283. The second kappa shape index (κ2) is 3.01. The van der Waals surface area contributed by atoms with E-state index < -0.39 is 0 Å². The summed E-state index contributed by atoms with van der Waals surface area (Å²) in [6, 6.07) is 4.42. The number of nitrogens with two attached hydrogens (primary N) is 1. The SMILES string of the molecule is NCc1[nH]c2cc(F)ccc2c1Cl. The first kappa shape index (κ1) is 8.53. The average molecular weight is 199 g/mol. The highest BCUT2D eigenvalue weighted by Gasteiger charge is 2.07. The first-order chi connectivity index (χ1) is 6.22. The van der Waals surface area contributed by atoms with Crippen LogP contribution < -0.4 is 5.73 Å². The number of benzene rings is 1. The highest BCUT2D eigenvalue weighted by molar-refractivity contribution is 6.36. The Kier molecular flexibility index (Phi) is 1.98. The van der Waals surface area contributed by atoms with Crippen LogP contribution in [0.25, 0.3) is 10.9 Å². The molecule has 4 heteroatoms. The fourth-order valence-corrected chi connectivity index (χ4v) is 1.62. The molecule has 1 aromatic heterocycles. The van der Waals surface area contributed by atoms with Gasteiger partial charge in [0.2, 0.25) is 0 Å². The van der Waals surface area contributed by atoms with Crippen molar-refractivity contribution < 1.29 is 4.39 Å². The summed E-state index contributed by atoms with van der Waals surface area (Å²) in [6.45, 7) is 0.329. The lowest BCUT2D eigenvalue weighted by atomic mass is 10.2. The van der Waals surface area contributed by atoms with Gasteiger partial charge in [0.1, 0.15) is 5.82 Å². The molecule has 0 aliphatic heterocycles. The molecule has 0 atom stereocenters. The van der Waals surface area contributed by atoms with E-state index in [1.165, 1.54) is 12.1 Å². The lowest BCUT2D eigenvalue weighted by molar-refractivity contribution is 0.629. The van der Waals surface area contributed by atoms with Crippen molar-refractivity contribution in [2.75, 3.05) is 0 Å². The second-order valence-electron chi connectivity index (χ2n) is 2.81. The Morgan fingerprint density at radius 1 is 1.46 bits per heavy atom. The monoisotopic (exact) mass is 198 g/mol. The molecule has 0 saturated carbocycles. The van der Waals surface area contributed by atoms with Crippen LogP contribution in [-0.2, 0) is 6.54 Å². The molecule has 0 fully saturated rings. The number of aromatic nitrogens is 1. The predicted molar refractivity (Wildman–Crippen MR) is 51.2 cm³/mol. The van der Waals surface area contributed by atoms with Crippen LogP contribution in [0.4, 0.5) is 4.39 Å². The Hall–Kier alpha value is -1.06. The van der Waals surface area contributed by atoms with E-state index in [4.69, 9.17) is 17.3 Å². The van der Waals surface area contributed by atoms with E-state index in [-0.39, 0.29) is 5.82 Å². The third-order valence-corrected chi connectivity index (χ3v) is 2.40. The molecule has 13 heavy (non-hydrogen) atoms. The lowest BCUT2D eigenvalue weighted by Gasteiger charge is -1.89. The molecule has 3 N–H and O–H groups in total. The Morgan fingerprint density at radius 2 is 2.23 bits per heavy atom. The lowest BCUT2D eigenvalue weighted by Crippen LogP contribution is -1.96. The zero-order valence-electron chi connectivity index (χ0n) is 6.77. The molecule has 0 bridgehead atoms. The number of rotatable bonds is 1. The maximum absolute atomic E-state index is 12.8. The summed E-state index contributed by atoms with van der Waals surface area (Å²) in [4.78, 5) is 2.96. The third kappa shape index (κ3) is 1.30. The molecule has 2 nitrogen and oxygen atoms in total. The fourth-order valence-electron chi connectivity index (χ4n) is 1.33. The van der Waals surface area contributed by atoms with Gasteiger partial charge in [-0.2, -0.15) is 0 Å². The average Bonchev–Trinajstić information content (AvgIpc) is 2.42. The van der Waals surface area contributed by atoms with E-state index >= 15 is 0 Å². The molecule has 0 aliphatic rings. The van der Waals surface area contributed by atoms with E-state index in [0.717, 1.165) is 11.1 Å². The number of H-pyrrole nitrogens is 1. The highest BCUT2D eigenvalue weighted by atomic mass is 35.5. The van der Waals surface area contributed by atoms with Gasteiger partial charge in [0, 0.05) is 17.6 Å². The summed E-state index contributed by atoms with van der Waals surface area (Å²) in [5.74, 6) is -0.283. The van der Waals surface area contributed by atoms with Crippen LogP contribution in [0.3, 0.4) is 0 Å². The summed E-state index contributed by atoms with van der Waals surface area (Å²) in [6.07, 6.45) is 0. The van der Waals surface area contributed by atoms with Crippen LogP contribution in [0, 0.1) is 5.82 Å². The molecular weight excluding hydrogens is 191 g/mol. The van der Waals surface area contributed by atoms with Crippen LogP contribution in [0.15, 0.2) is 18.2 Å². The first-order valence-corrected chi connectivity index (χ1v) is 4.26. The summed E-state index contributed by atoms with van der Waals surface area (Å²) in [5.41, 5.74) is 6.87. The molecule has 1 heterocycles. The van der Waals surface area contributed by atoms with Crippen molar-refractivity contribution in [3.05, 3.63) is 34.7 Å². The first-order valence-electron chi connectivity index (χ1n) is 3.88. The van der Waals surface area contributed by atoms with Crippen molar-refractivity contribution >= 4 is 22.5 Å². The van der Waals surface area contributed by atoms with Gasteiger partial charge in [-0.3, -0.25) is 0 Å². The van der Waals surface area contributed by atoms with Gasteiger partial charge in [-0.1, -0.05) is 11.6 Å². The fraction of sp³-hybridized carbons (Fsp3) is 0.111. The summed E-state index contributed by atoms with van der Waals surface area (Å²) in [5, 5.41) is 1.39. The maximum Gasteiger partial charge on any atom is 0.125 e. The van der Waals surface area contributed by atoms with Gasteiger partial charge in [-0.25, -0.2) is 4.39 Å². The van der Waals surface area contributed by atoms with Gasteiger partial charge in [-0.05, 0) is 18.2 Å². The van der Waals surface area contributed by atoms with Crippen LogP contribution >= 0.6 is 11.6 Å². The normalized spacial score (nSPS) is 11.0. The molecule has 0 amide bonds. The van der Waals surface area contributed by atoms with Gasteiger partial charge in [0.15, 0.2) is 0 Å². The van der Waals surface area contributed by atoms with Crippen molar-refractivity contribution in [2.45, 2.75) is 6.54 Å². The van der Waals surface area contributed by atoms with Crippen LogP contribution in [0.5, 0.6) is 0 Å². The number of hydrogen-bond acceptors (Lipinski definition) is 1. The number of aromatic amines is 1. The zero-order valence-corrected chi connectivity index (χ0v) is 7.53. The van der Waals surface area contributed by atoms with Crippen molar-refractivity contribution in [3.8, 4) is 0 Å². The van der Waals surface area contributed by atoms with Crippen molar-refractivity contribution in [1.29, 1.82) is 0 Å². The highest BCUT2D eigenvalue weighted by Crippen LogP contribution is 2.27. The molecule has 0 unspecified atom stereocenters. The summed E-state index contributed by atoms with van der Waals surface area (Å²) in [7, 11) is 0. The van der Waals surface area contributed by atoms with Gasteiger partial charge < -0.3 is 10.7 Å². The van der Waals surface area contributed by atoms with Gasteiger partial charge >= 0.3 is 0 Å². The Bertz CT molecular complexity index is 450. The van der Waals surface area contributed by atoms with Gasteiger partial charge in [-0.15, -0.1) is 0 Å².